The van der Waals surface area contributed by atoms with Gasteiger partial charge in [-0.1, -0.05) is 30.4 Å². The van der Waals surface area contributed by atoms with E-state index in [1.165, 1.54) is 7.11 Å². The summed E-state index contributed by atoms with van der Waals surface area (Å²) in [6.07, 6.45) is 9.02. The summed E-state index contributed by atoms with van der Waals surface area (Å²) in [6.45, 7) is 5.70. The van der Waals surface area contributed by atoms with Gasteiger partial charge in [-0.2, -0.15) is 0 Å². The van der Waals surface area contributed by atoms with E-state index in [4.69, 9.17) is 10.5 Å². The fourth-order valence-corrected chi connectivity index (χ4v) is 3.26. The number of allylic oxidation sites excluding steroid dienone is 4. The number of nitrogens with zero attached hydrogens (tertiary/aromatic N) is 3. The highest BCUT2D eigenvalue weighted by atomic mass is 16.5. The molecule has 0 saturated heterocycles. The van der Waals surface area contributed by atoms with Crippen molar-refractivity contribution < 1.29 is 4.74 Å². The number of aromatic nitrogens is 3. The van der Waals surface area contributed by atoms with Gasteiger partial charge in [0.15, 0.2) is 0 Å². The molecule has 3 rings (SSSR count). The Morgan fingerprint density at radius 3 is 2.54 bits per heavy atom. The number of hydrogen-bond acceptors (Lipinski definition) is 5. The average molecular weight is 376 g/mol. The maximum absolute atomic E-state index is 13.6. The highest BCUT2D eigenvalue weighted by molar-refractivity contribution is 5.96. The van der Waals surface area contributed by atoms with Gasteiger partial charge in [0, 0.05) is 35.4 Å². The van der Waals surface area contributed by atoms with Crippen LogP contribution in [0, 0.1) is 0 Å². The molecule has 0 fully saturated rings. The molecule has 6 heteroatoms. The van der Waals surface area contributed by atoms with Crippen LogP contribution in [0.25, 0.3) is 27.6 Å². The third kappa shape index (κ3) is 3.46. The van der Waals surface area contributed by atoms with Gasteiger partial charge in [-0.25, -0.2) is 9.97 Å². The summed E-state index contributed by atoms with van der Waals surface area (Å²) in [5.74, 6) is 0. The summed E-state index contributed by atoms with van der Waals surface area (Å²) in [5.41, 5.74) is 9.13. The minimum Gasteiger partial charge on any atom is -0.467 e. The van der Waals surface area contributed by atoms with Crippen molar-refractivity contribution in [3.8, 4) is 17.1 Å². The van der Waals surface area contributed by atoms with E-state index in [1.54, 1.807) is 17.0 Å². The summed E-state index contributed by atoms with van der Waals surface area (Å²) in [5, 5.41) is 1.43. The third-order valence-electron chi connectivity index (χ3n) is 4.55. The summed E-state index contributed by atoms with van der Waals surface area (Å²) >= 11 is 0. The number of rotatable bonds is 5. The van der Waals surface area contributed by atoms with Gasteiger partial charge in [-0.3, -0.25) is 9.36 Å². The Kier molecular flexibility index (Phi) is 5.70. The van der Waals surface area contributed by atoms with E-state index in [0.717, 1.165) is 27.9 Å². The van der Waals surface area contributed by atoms with Gasteiger partial charge in [0.05, 0.1) is 12.5 Å². The lowest BCUT2D eigenvalue weighted by atomic mass is 9.99. The molecule has 0 amide bonds. The van der Waals surface area contributed by atoms with E-state index < -0.39 is 0 Å². The number of hydrogen-bond donors (Lipinski definition) is 1. The van der Waals surface area contributed by atoms with Gasteiger partial charge in [0.25, 0.3) is 5.56 Å². The number of nitrogens with two attached hydrogens (primary N) is 1. The van der Waals surface area contributed by atoms with E-state index in [1.807, 2.05) is 63.3 Å². The van der Waals surface area contributed by atoms with Gasteiger partial charge in [0.1, 0.15) is 0 Å². The van der Waals surface area contributed by atoms with Gasteiger partial charge < -0.3 is 10.5 Å². The lowest BCUT2D eigenvalue weighted by Crippen LogP contribution is -2.26. The molecule has 0 aliphatic carbocycles. The van der Waals surface area contributed by atoms with E-state index in [-0.39, 0.29) is 17.6 Å². The molecule has 0 radical (unpaired) electrons. The minimum absolute atomic E-state index is 0.123. The van der Waals surface area contributed by atoms with Crippen molar-refractivity contribution in [3.63, 3.8) is 0 Å². The van der Waals surface area contributed by atoms with Crippen molar-refractivity contribution in [2.24, 2.45) is 5.73 Å². The normalized spacial score (nSPS) is 13.2. The highest BCUT2D eigenvalue weighted by Gasteiger charge is 2.17. The highest BCUT2D eigenvalue weighted by Crippen LogP contribution is 2.28. The Labute approximate surface area is 164 Å². The molecule has 1 atom stereocenters. The molecule has 2 heterocycles. The van der Waals surface area contributed by atoms with E-state index in [2.05, 4.69) is 9.97 Å². The predicted molar refractivity (Wildman–Crippen MR) is 113 cm³/mol. The number of benzene rings is 1. The lowest BCUT2D eigenvalue weighted by molar-refractivity contribution is 0.380. The molecular weight excluding hydrogens is 352 g/mol. The second-order valence-corrected chi connectivity index (χ2v) is 6.44. The number of fused-ring (bicyclic) bond motifs is 1. The van der Waals surface area contributed by atoms with E-state index in [9.17, 15) is 4.79 Å². The molecule has 2 aromatic heterocycles. The van der Waals surface area contributed by atoms with Crippen LogP contribution in [-0.4, -0.2) is 21.6 Å². The number of pyridine rings is 1. The maximum Gasteiger partial charge on any atom is 0.316 e. The molecular formula is C22H24N4O2. The first-order valence-electron chi connectivity index (χ1n) is 9.11. The van der Waals surface area contributed by atoms with Crippen LogP contribution >= 0.6 is 0 Å². The summed E-state index contributed by atoms with van der Waals surface area (Å²) in [7, 11) is 1.51. The van der Waals surface area contributed by atoms with Gasteiger partial charge in [-0.05, 0) is 43.9 Å². The third-order valence-corrected chi connectivity index (χ3v) is 4.55. The van der Waals surface area contributed by atoms with Crippen LogP contribution in [0.1, 0.15) is 32.5 Å². The summed E-state index contributed by atoms with van der Waals surface area (Å²) in [6, 6.07) is 7.69. The standard InChI is InChI=1S/C22H24N4O2/c1-5-8-17(6-2)26-19(14(3)23)11-15-9-7-10-18(20(15)21(26)27)16-12-24-22(28-4)25-13-16/h5-14H,23H2,1-4H3. The van der Waals surface area contributed by atoms with Crippen LogP contribution in [0.4, 0.5) is 0 Å². The van der Waals surface area contributed by atoms with Crippen LogP contribution < -0.4 is 16.0 Å². The van der Waals surface area contributed by atoms with Crippen molar-refractivity contribution in [2.75, 3.05) is 7.11 Å². The summed E-state index contributed by atoms with van der Waals surface area (Å²) < 4.78 is 6.71. The second-order valence-electron chi connectivity index (χ2n) is 6.44. The molecule has 1 unspecified atom stereocenters. The Morgan fingerprint density at radius 1 is 1.25 bits per heavy atom. The van der Waals surface area contributed by atoms with Gasteiger partial charge in [0.2, 0.25) is 0 Å². The van der Waals surface area contributed by atoms with Crippen LogP contribution in [0.5, 0.6) is 6.01 Å². The monoisotopic (exact) mass is 376 g/mol. The van der Waals surface area contributed by atoms with Crippen LogP contribution in [0.15, 0.2) is 59.7 Å². The van der Waals surface area contributed by atoms with Crippen molar-refractivity contribution in [1.82, 2.24) is 14.5 Å². The Hall–Kier alpha value is -3.25. The zero-order valence-electron chi connectivity index (χ0n) is 16.5. The summed E-state index contributed by atoms with van der Waals surface area (Å²) in [4.78, 5) is 22.0. The molecule has 0 bridgehead atoms. The van der Waals surface area contributed by atoms with Crippen molar-refractivity contribution in [2.45, 2.75) is 26.8 Å². The zero-order valence-corrected chi connectivity index (χ0v) is 16.5. The minimum atomic E-state index is -0.301. The zero-order chi connectivity index (χ0) is 20.3. The predicted octanol–water partition coefficient (Wildman–Crippen LogP) is 3.92. The molecule has 0 aliphatic rings. The largest absolute Gasteiger partial charge is 0.467 e. The first-order chi connectivity index (χ1) is 13.5. The van der Waals surface area contributed by atoms with Crippen LogP contribution in [0.3, 0.4) is 0 Å². The molecule has 0 aliphatic heterocycles. The smallest absolute Gasteiger partial charge is 0.316 e. The average Bonchev–Trinajstić information content (AvgIpc) is 2.71. The quantitative estimate of drug-likeness (QED) is 0.682. The topological polar surface area (TPSA) is 83.0 Å². The van der Waals surface area contributed by atoms with Crippen molar-refractivity contribution in [1.29, 1.82) is 0 Å². The van der Waals surface area contributed by atoms with Crippen LogP contribution in [-0.2, 0) is 0 Å². The molecule has 3 aromatic rings. The van der Waals surface area contributed by atoms with Gasteiger partial charge >= 0.3 is 6.01 Å². The molecule has 144 valence electrons. The first-order valence-corrected chi connectivity index (χ1v) is 9.11. The number of ether oxygens (including phenoxy) is 1. The molecule has 0 spiro atoms. The maximum atomic E-state index is 13.6. The molecule has 28 heavy (non-hydrogen) atoms. The van der Waals surface area contributed by atoms with Crippen molar-refractivity contribution >= 4 is 16.5 Å². The fraction of sp³-hybridized carbons (Fsp3) is 0.227. The Morgan fingerprint density at radius 2 is 1.96 bits per heavy atom. The Bertz CT molecular complexity index is 1110. The van der Waals surface area contributed by atoms with Crippen molar-refractivity contribution in [3.05, 3.63) is 70.9 Å². The van der Waals surface area contributed by atoms with E-state index >= 15 is 0 Å². The molecule has 0 saturated carbocycles. The fourth-order valence-electron chi connectivity index (χ4n) is 3.26. The lowest BCUT2D eigenvalue weighted by Gasteiger charge is -2.19. The van der Waals surface area contributed by atoms with Gasteiger partial charge in [-0.15, -0.1) is 0 Å². The van der Waals surface area contributed by atoms with Crippen LogP contribution in [0.2, 0.25) is 0 Å². The Balaban J connectivity index is 2.39. The van der Waals surface area contributed by atoms with E-state index in [0.29, 0.717) is 5.39 Å². The first kappa shape index (κ1) is 19.5. The SMILES string of the molecule is CC=CC(=CC)n1c(C(C)N)cc2cccc(-c3cnc(OC)nc3)c2c1=O. The molecule has 6 nitrogen and oxygen atoms in total. The molecule has 2 N–H and O–H groups in total. The number of methoxy groups -OCH3 is 1. The second kappa shape index (κ2) is 8.19. The molecule has 1 aromatic carbocycles.